The molecule has 0 aliphatic heterocycles. The molecule has 1 fully saturated rings. The van der Waals surface area contributed by atoms with Crippen LogP contribution in [0.3, 0.4) is 0 Å². The molecule has 0 N–H and O–H groups in total. The number of benzene rings is 1. The largest absolute Gasteiger partial charge is 0.298 e. The number of hydrogen-bond donors (Lipinski definition) is 0. The van der Waals surface area contributed by atoms with Crippen LogP contribution in [0.4, 0.5) is 0 Å². The molecule has 0 aromatic heterocycles. The van der Waals surface area contributed by atoms with Crippen LogP contribution in [0.15, 0.2) is 23.1 Å². The van der Waals surface area contributed by atoms with E-state index < -0.39 is 10.1 Å². The summed E-state index contributed by atoms with van der Waals surface area (Å²) in [7, 11) is -3.83. The molecule has 100 valence electrons. The Morgan fingerprint density at radius 3 is 2.44 bits per heavy atom. The fourth-order valence-corrected chi connectivity index (χ4v) is 3.93. The molecule has 2 rings (SSSR count). The van der Waals surface area contributed by atoms with Gasteiger partial charge in [0, 0.05) is 5.02 Å². The minimum absolute atomic E-state index is 0.0535. The van der Waals surface area contributed by atoms with Crippen molar-refractivity contribution in [1.82, 2.24) is 0 Å². The van der Waals surface area contributed by atoms with Gasteiger partial charge in [-0.3, -0.25) is 4.18 Å². The molecule has 6 heteroatoms. The summed E-state index contributed by atoms with van der Waals surface area (Å²) in [5.41, 5.74) is 0. The Morgan fingerprint density at radius 2 is 1.78 bits per heavy atom. The van der Waals surface area contributed by atoms with Gasteiger partial charge < -0.3 is 0 Å². The first-order valence-corrected chi connectivity index (χ1v) is 8.04. The van der Waals surface area contributed by atoms with E-state index in [9.17, 15) is 8.42 Å². The van der Waals surface area contributed by atoms with Gasteiger partial charge in [0.25, 0.3) is 10.1 Å². The first kappa shape index (κ1) is 14.1. The zero-order chi connectivity index (χ0) is 13.2. The highest BCUT2D eigenvalue weighted by atomic mass is 35.5. The highest BCUT2D eigenvalue weighted by Gasteiger charge is 2.25. The summed E-state index contributed by atoms with van der Waals surface area (Å²) < 4.78 is 29.4. The van der Waals surface area contributed by atoms with Crippen molar-refractivity contribution in [1.29, 1.82) is 0 Å². The summed E-state index contributed by atoms with van der Waals surface area (Å²) >= 11 is 11.7. The molecule has 1 saturated carbocycles. The van der Waals surface area contributed by atoms with Gasteiger partial charge in [0.2, 0.25) is 0 Å². The topological polar surface area (TPSA) is 43.4 Å². The molecule has 0 amide bonds. The van der Waals surface area contributed by atoms with Crippen LogP contribution in [0.1, 0.15) is 32.1 Å². The summed E-state index contributed by atoms with van der Waals surface area (Å²) in [5, 5.41) is 0.459. The zero-order valence-electron chi connectivity index (χ0n) is 9.73. The highest BCUT2D eigenvalue weighted by Crippen LogP contribution is 2.29. The van der Waals surface area contributed by atoms with Crippen LogP contribution in [0.25, 0.3) is 0 Å². The lowest BCUT2D eigenvalue weighted by atomic mass is 9.98. The van der Waals surface area contributed by atoms with Crippen molar-refractivity contribution >= 4 is 33.3 Å². The fraction of sp³-hybridized carbons (Fsp3) is 0.500. The monoisotopic (exact) mass is 308 g/mol. The summed E-state index contributed by atoms with van der Waals surface area (Å²) in [6.07, 6.45) is 4.46. The van der Waals surface area contributed by atoms with E-state index in [0.717, 1.165) is 32.1 Å². The summed E-state index contributed by atoms with van der Waals surface area (Å²) in [6, 6.07) is 4.33. The Labute approximate surface area is 117 Å². The molecule has 0 radical (unpaired) electrons. The van der Waals surface area contributed by atoms with Crippen LogP contribution < -0.4 is 0 Å². The summed E-state index contributed by atoms with van der Waals surface area (Å²) in [6.45, 7) is 0. The van der Waals surface area contributed by atoms with Crippen molar-refractivity contribution in [3.63, 3.8) is 0 Å². The van der Waals surface area contributed by atoms with Crippen molar-refractivity contribution in [2.45, 2.75) is 43.1 Å². The Hall–Kier alpha value is -0.290. The summed E-state index contributed by atoms with van der Waals surface area (Å²) in [4.78, 5) is -0.0535. The second-order valence-electron chi connectivity index (χ2n) is 4.39. The van der Waals surface area contributed by atoms with Crippen LogP contribution in [-0.2, 0) is 14.3 Å². The average molecular weight is 309 g/mol. The smallest absolute Gasteiger partial charge is 0.263 e. The highest BCUT2D eigenvalue weighted by molar-refractivity contribution is 7.87. The molecule has 0 unspecified atom stereocenters. The van der Waals surface area contributed by atoms with Gasteiger partial charge in [0.15, 0.2) is 0 Å². The number of halogens is 2. The molecular formula is C12H14Cl2O3S. The second-order valence-corrected chi connectivity index (χ2v) is 6.77. The van der Waals surface area contributed by atoms with Crippen molar-refractivity contribution in [3.8, 4) is 0 Å². The molecule has 1 aliphatic rings. The van der Waals surface area contributed by atoms with Crippen molar-refractivity contribution < 1.29 is 12.6 Å². The maximum atomic E-state index is 12.1. The van der Waals surface area contributed by atoms with E-state index in [1.807, 2.05) is 0 Å². The third kappa shape index (κ3) is 3.38. The molecular weight excluding hydrogens is 295 g/mol. The Balaban J connectivity index is 2.21. The molecule has 1 aromatic carbocycles. The van der Waals surface area contributed by atoms with Gasteiger partial charge in [-0.25, -0.2) is 0 Å². The van der Waals surface area contributed by atoms with Crippen LogP contribution in [-0.4, -0.2) is 14.5 Å². The van der Waals surface area contributed by atoms with Crippen molar-refractivity contribution in [2.24, 2.45) is 0 Å². The van der Waals surface area contributed by atoms with Crippen molar-refractivity contribution in [3.05, 3.63) is 28.2 Å². The minimum Gasteiger partial charge on any atom is -0.263 e. The van der Waals surface area contributed by atoms with E-state index in [1.165, 1.54) is 12.1 Å². The predicted molar refractivity (Wildman–Crippen MR) is 71.6 cm³/mol. The van der Waals surface area contributed by atoms with Crippen LogP contribution >= 0.6 is 23.2 Å². The van der Waals surface area contributed by atoms with E-state index in [4.69, 9.17) is 27.4 Å². The van der Waals surface area contributed by atoms with Crippen LogP contribution in [0.2, 0.25) is 10.0 Å². The molecule has 1 aliphatic carbocycles. The van der Waals surface area contributed by atoms with Crippen LogP contribution in [0.5, 0.6) is 0 Å². The zero-order valence-corrected chi connectivity index (χ0v) is 12.1. The lowest BCUT2D eigenvalue weighted by molar-refractivity contribution is 0.162. The quantitative estimate of drug-likeness (QED) is 0.792. The van der Waals surface area contributed by atoms with E-state index >= 15 is 0 Å². The Bertz CT molecular complexity index is 522. The Kier molecular flexibility index (Phi) is 4.54. The first-order valence-electron chi connectivity index (χ1n) is 5.87. The van der Waals surface area contributed by atoms with Gasteiger partial charge in [-0.2, -0.15) is 8.42 Å². The molecule has 3 nitrogen and oxygen atoms in total. The van der Waals surface area contributed by atoms with E-state index in [0.29, 0.717) is 5.02 Å². The van der Waals surface area contributed by atoms with Gasteiger partial charge in [0.05, 0.1) is 11.1 Å². The second kappa shape index (κ2) is 5.78. The lowest BCUT2D eigenvalue weighted by Gasteiger charge is -2.21. The lowest BCUT2D eigenvalue weighted by Crippen LogP contribution is -2.21. The molecule has 0 saturated heterocycles. The van der Waals surface area contributed by atoms with E-state index in [2.05, 4.69) is 0 Å². The maximum Gasteiger partial charge on any atom is 0.298 e. The maximum absolute atomic E-state index is 12.1. The third-order valence-electron chi connectivity index (χ3n) is 2.98. The molecule has 1 aromatic rings. The van der Waals surface area contributed by atoms with E-state index in [1.54, 1.807) is 6.07 Å². The normalized spacial score (nSPS) is 17.9. The van der Waals surface area contributed by atoms with Crippen LogP contribution in [0, 0.1) is 0 Å². The third-order valence-corrected chi connectivity index (χ3v) is 5.06. The number of hydrogen-bond acceptors (Lipinski definition) is 3. The van der Waals surface area contributed by atoms with Gasteiger partial charge in [-0.15, -0.1) is 0 Å². The number of rotatable bonds is 3. The first-order chi connectivity index (χ1) is 8.49. The Morgan fingerprint density at radius 1 is 1.11 bits per heavy atom. The standard InChI is InChI=1S/C12H14Cl2O3S/c13-9-6-7-11(14)12(8-9)18(15,16)17-10-4-2-1-3-5-10/h6-8,10H,1-5H2. The average Bonchev–Trinajstić information content (AvgIpc) is 2.33. The minimum atomic E-state index is -3.83. The molecule has 0 heterocycles. The molecule has 0 spiro atoms. The summed E-state index contributed by atoms with van der Waals surface area (Å²) in [5.74, 6) is 0. The SMILES string of the molecule is O=S(=O)(OC1CCCCC1)c1cc(Cl)ccc1Cl. The van der Waals surface area contributed by atoms with Gasteiger partial charge in [0.1, 0.15) is 4.90 Å². The van der Waals surface area contributed by atoms with Gasteiger partial charge in [-0.05, 0) is 31.0 Å². The molecule has 18 heavy (non-hydrogen) atoms. The molecule has 0 bridgehead atoms. The van der Waals surface area contributed by atoms with Crippen molar-refractivity contribution in [2.75, 3.05) is 0 Å². The van der Waals surface area contributed by atoms with Gasteiger partial charge in [-0.1, -0.05) is 42.5 Å². The molecule has 0 atom stereocenters. The predicted octanol–water partition coefficient (Wildman–Crippen LogP) is 4.03. The fourth-order valence-electron chi connectivity index (χ4n) is 2.06. The van der Waals surface area contributed by atoms with Gasteiger partial charge >= 0.3 is 0 Å². The van der Waals surface area contributed by atoms with E-state index in [-0.39, 0.29) is 16.0 Å².